The average Bonchev–Trinajstić information content (AvgIpc) is 2.62. The molecule has 0 bridgehead atoms. The van der Waals surface area contributed by atoms with Gasteiger partial charge in [-0.25, -0.2) is 0 Å². The Balaban J connectivity index is 1.77. The molecule has 1 heterocycles. The molecule has 1 aliphatic heterocycles. The molecule has 3 rings (SSSR count). The topological polar surface area (TPSA) is 66.8 Å². The van der Waals surface area contributed by atoms with Gasteiger partial charge in [-0.3, -0.25) is 9.59 Å². The number of hydrogen-bond acceptors (Lipinski definition) is 4. The fraction of sp³-hybridized carbons (Fsp3) is 0.579. The van der Waals surface area contributed by atoms with Crippen molar-refractivity contribution in [1.82, 2.24) is 4.90 Å². The minimum atomic E-state index is -0.875. The summed E-state index contributed by atoms with van der Waals surface area (Å²) < 4.78 is 6.07. The molecular weight excluding hydrogens is 338 g/mol. The molecule has 1 spiro atoms. The molecule has 1 aliphatic carbocycles. The van der Waals surface area contributed by atoms with Crippen molar-refractivity contribution in [2.75, 3.05) is 19.7 Å². The largest absolute Gasteiger partial charge is 0.480 e. The van der Waals surface area contributed by atoms with Gasteiger partial charge in [-0.2, -0.15) is 0 Å². The van der Waals surface area contributed by atoms with Gasteiger partial charge in [-0.1, -0.05) is 31.4 Å². The summed E-state index contributed by atoms with van der Waals surface area (Å²) in [5.74, 6) is -0.895. The van der Waals surface area contributed by atoms with E-state index in [4.69, 9.17) is 9.84 Å². The van der Waals surface area contributed by atoms with E-state index < -0.39 is 11.2 Å². The molecule has 6 heteroatoms. The second-order valence-corrected chi connectivity index (χ2v) is 8.30. The Morgan fingerprint density at radius 3 is 2.68 bits per heavy atom. The maximum Gasteiger partial charge on any atom is 0.316 e. The Morgan fingerprint density at radius 2 is 1.96 bits per heavy atom. The standard InChI is InChI=1S/C19H25NO4S/c1-14(18(22)23)25-16-8-4-3-7-15(16)17(21)20-11-12-24-19(13-20)9-5-2-6-10-19/h3-4,7-8,14H,2,5-6,9-13H2,1H3,(H,22,23). The van der Waals surface area contributed by atoms with Crippen molar-refractivity contribution >= 4 is 23.6 Å². The molecule has 1 atom stereocenters. The van der Waals surface area contributed by atoms with Gasteiger partial charge >= 0.3 is 5.97 Å². The lowest BCUT2D eigenvalue weighted by atomic mass is 9.83. The van der Waals surface area contributed by atoms with Crippen LogP contribution >= 0.6 is 11.8 Å². The van der Waals surface area contributed by atoms with Crippen LogP contribution in [0.5, 0.6) is 0 Å². The first-order valence-electron chi connectivity index (χ1n) is 8.92. The fourth-order valence-corrected chi connectivity index (χ4v) is 4.60. The summed E-state index contributed by atoms with van der Waals surface area (Å²) in [5, 5.41) is 8.56. The number of rotatable bonds is 4. The molecule has 1 saturated heterocycles. The van der Waals surface area contributed by atoms with Crippen molar-refractivity contribution in [3.63, 3.8) is 0 Å². The van der Waals surface area contributed by atoms with Crippen molar-refractivity contribution in [2.45, 2.75) is 54.8 Å². The third kappa shape index (κ3) is 4.18. The Bertz CT molecular complexity index is 637. The second-order valence-electron chi connectivity index (χ2n) is 6.91. The lowest BCUT2D eigenvalue weighted by Crippen LogP contribution is -2.54. The van der Waals surface area contributed by atoms with E-state index in [0.717, 1.165) is 30.6 Å². The van der Waals surface area contributed by atoms with Gasteiger partial charge in [0, 0.05) is 11.4 Å². The highest BCUT2D eigenvalue weighted by Gasteiger charge is 2.39. The van der Waals surface area contributed by atoms with E-state index in [1.165, 1.54) is 18.2 Å². The quantitative estimate of drug-likeness (QED) is 0.830. The first kappa shape index (κ1) is 18.3. The van der Waals surface area contributed by atoms with Crippen LogP contribution in [-0.2, 0) is 9.53 Å². The van der Waals surface area contributed by atoms with Crippen molar-refractivity contribution in [2.24, 2.45) is 0 Å². The number of nitrogens with zero attached hydrogens (tertiary/aromatic N) is 1. The SMILES string of the molecule is CC(Sc1ccccc1C(=O)N1CCOC2(CCCCC2)C1)C(=O)O. The molecule has 136 valence electrons. The van der Waals surface area contributed by atoms with Gasteiger partial charge in [0.25, 0.3) is 5.91 Å². The molecule has 1 N–H and O–H groups in total. The van der Waals surface area contributed by atoms with Crippen LogP contribution in [0, 0.1) is 0 Å². The average molecular weight is 363 g/mol. The molecule has 0 aromatic heterocycles. The first-order valence-corrected chi connectivity index (χ1v) is 9.80. The highest BCUT2D eigenvalue weighted by Crippen LogP contribution is 2.35. The number of carboxylic acids is 1. The van der Waals surface area contributed by atoms with Crippen molar-refractivity contribution in [1.29, 1.82) is 0 Å². The van der Waals surface area contributed by atoms with Crippen molar-refractivity contribution < 1.29 is 19.4 Å². The highest BCUT2D eigenvalue weighted by molar-refractivity contribution is 8.00. The number of thioether (sulfide) groups is 1. The zero-order valence-electron chi connectivity index (χ0n) is 14.6. The number of aliphatic carboxylic acids is 1. The summed E-state index contributed by atoms with van der Waals surface area (Å²) in [7, 11) is 0. The smallest absolute Gasteiger partial charge is 0.316 e. The van der Waals surface area contributed by atoms with Crippen LogP contribution < -0.4 is 0 Å². The molecular formula is C19H25NO4S. The molecule has 2 fully saturated rings. The summed E-state index contributed by atoms with van der Waals surface area (Å²) in [6.45, 7) is 3.44. The minimum Gasteiger partial charge on any atom is -0.480 e. The second kappa shape index (κ2) is 7.79. The predicted molar refractivity (Wildman–Crippen MR) is 97.1 cm³/mol. The van der Waals surface area contributed by atoms with Crippen molar-refractivity contribution in [3.05, 3.63) is 29.8 Å². The number of carboxylic acid groups (broad SMARTS) is 1. The van der Waals surface area contributed by atoms with E-state index in [9.17, 15) is 9.59 Å². The maximum absolute atomic E-state index is 13.1. The molecule has 1 aromatic rings. The van der Waals surface area contributed by atoms with Gasteiger partial charge in [0.05, 0.1) is 24.3 Å². The number of benzene rings is 1. The van der Waals surface area contributed by atoms with Gasteiger partial charge in [-0.05, 0) is 31.9 Å². The summed E-state index contributed by atoms with van der Waals surface area (Å²) >= 11 is 1.22. The Hall–Kier alpha value is -1.53. The first-order chi connectivity index (χ1) is 12.0. The van der Waals surface area contributed by atoms with E-state index in [1.54, 1.807) is 13.0 Å². The van der Waals surface area contributed by atoms with Gasteiger partial charge in [-0.15, -0.1) is 11.8 Å². The molecule has 2 aliphatic rings. The minimum absolute atomic E-state index is 0.0195. The van der Waals surface area contributed by atoms with E-state index in [-0.39, 0.29) is 11.5 Å². The van der Waals surface area contributed by atoms with E-state index in [2.05, 4.69) is 0 Å². The van der Waals surface area contributed by atoms with Crippen molar-refractivity contribution in [3.8, 4) is 0 Å². The number of hydrogen-bond donors (Lipinski definition) is 1. The molecule has 5 nitrogen and oxygen atoms in total. The highest BCUT2D eigenvalue weighted by atomic mass is 32.2. The molecule has 1 unspecified atom stereocenters. The summed E-state index contributed by atoms with van der Waals surface area (Å²) in [6, 6.07) is 7.30. The predicted octanol–water partition coefficient (Wildman–Crippen LogP) is 3.43. The Morgan fingerprint density at radius 1 is 1.24 bits per heavy atom. The summed E-state index contributed by atoms with van der Waals surface area (Å²) in [5.41, 5.74) is 0.413. The van der Waals surface area contributed by atoms with Gasteiger partial charge in [0.15, 0.2) is 0 Å². The van der Waals surface area contributed by atoms with E-state index in [1.807, 2.05) is 23.1 Å². The normalized spacial score (nSPS) is 21.1. The van der Waals surface area contributed by atoms with E-state index >= 15 is 0 Å². The fourth-order valence-electron chi connectivity index (χ4n) is 3.67. The Labute approximate surface area is 152 Å². The van der Waals surface area contributed by atoms with Crippen LogP contribution in [-0.4, -0.2) is 52.4 Å². The van der Waals surface area contributed by atoms with Crippen LogP contribution in [0.25, 0.3) is 0 Å². The number of amides is 1. The van der Waals surface area contributed by atoms with Crippen LogP contribution in [0.2, 0.25) is 0 Å². The summed E-state index contributed by atoms with van der Waals surface area (Å²) in [6.07, 6.45) is 5.59. The zero-order chi connectivity index (χ0) is 17.9. The molecule has 0 radical (unpaired) electrons. The summed E-state index contributed by atoms with van der Waals surface area (Å²) in [4.78, 5) is 26.9. The number of ether oxygens (including phenoxy) is 1. The van der Waals surface area contributed by atoms with Crippen LogP contribution in [0.1, 0.15) is 49.4 Å². The molecule has 1 aromatic carbocycles. The molecule has 1 saturated carbocycles. The number of carbonyl (C=O) groups excluding carboxylic acids is 1. The van der Waals surface area contributed by atoms with Gasteiger partial charge in [0.1, 0.15) is 5.25 Å². The van der Waals surface area contributed by atoms with Crippen LogP contribution in [0.3, 0.4) is 0 Å². The molecule has 1 amide bonds. The third-order valence-electron chi connectivity index (χ3n) is 5.07. The monoisotopic (exact) mass is 363 g/mol. The third-order valence-corrected chi connectivity index (χ3v) is 6.23. The Kier molecular flexibility index (Phi) is 5.69. The molecule has 25 heavy (non-hydrogen) atoms. The van der Waals surface area contributed by atoms with Crippen LogP contribution in [0.15, 0.2) is 29.2 Å². The van der Waals surface area contributed by atoms with Crippen LogP contribution in [0.4, 0.5) is 0 Å². The van der Waals surface area contributed by atoms with E-state index in [0.29, 0.717) is 25.3 Å². The number of carbonyl (C=O) groups is 2. The lowest BCUT2D eigenvalue weighted by Gasteiger charge is -2.45. The maximum atomic E-state index is 13.1. The zero-order valence-corrected chi connectivity index (χ0v) is 15.4. The van der Waals surface area contributed by atoms with Gasteiger partial charge in [0.2, 0.25) is 0 Å². The number of morpholine rings is 1. The lowest BCUT2D eigenvalue weighted by molar-refractivity contribution is -0.136. The van der Waals surface area contributed by atoms with Gasteiger partial charge < -0.3 is 14.7 Å².